The average Bonchev–Trinajstić information content (AvgIpc) is 2.58. The Morgan fingerprint density at radius 3 is 2.33 bits per heavy atom. The van der Waals surface area contributed by atoms with Crippen molar-refractivity contribution >= 4 is 5.78 Å². The van der Waals surface area contributed by atoms with E-state index in [-0.39, 0.29) is 11.6 Å². The van der Waals surface area contributed by atoms with Crippen LogP contribution in [0.15, 0.2) is 42.5 Å². The van der Waals surface area contributed by atoms with E-state index in [1.54, 1.807) is 36.4 Å². The van der Waals surface area contributed by atoms with Gasteiger partial charge in [0.25, 0.3) is 0 Å². The van der Waals surface area contributed by atoms with Crippen molar-refractivity contribution in [2.24, 2.45) is 0 Å². The minimum absolute atomic E-state index is 0.00436. The van der Waals surface area contributed by atoms with Crippen LogP contribution in [0.2, 0.25) is 0 Å². The summed E-state index contributed by atoms with van der Waals surface area (Å²) in [5, 5.41) is 0. The van der Waals surface area contributed by atoms with Gasteiger partial charge in [-0.3, -0.25) is 4.79 Å². The number of carbonyl (C=O) groups is 1. The molecule has 2 aromatic carbocycles. The van der Waals surface area contributed by atoms with Crippen molar-refractivity contribution in [3.8, 4) is 16.9 Å². The second-order valence-electron chi connectivity index (χ2n) is 6.04. The van der Waals surface area contributed by atoms with Crippen LogP contribution in [0.4, 0.5) is 4.39 Å². The van der Waals surface area contributed by atoms with Gasteiger partial charge < -0.3 is 4.74 Å². The van der Waals surface area contributed by atoms with Crippen LogP contribution in [0.3, 0.4) is 0 Å². The van der Waals surface area contributed by atoms with Gasteiger partial charge >= 0.3 is 0 Å². The molecule has 0 bridgehead atoms. The van der Waals surface area contributed by atoms with Crippen molar-refractivity contribution in [3.05, 3.63) is 53.8 Å². The predicted molar refractivity (Wildman–Crippen MR) is 96.1 cm³/mol. The molecule has 0 unspecified atom stereocenters. The minimum atomic E-state index is -0.311. The fourth-order valence-electron chi connectivity index (χ4n) is 2.60. The lowest BCUT2D eigenvalue weighted by atomic mass is 10.0. The highest BCUT2D eigenvalue weighted by atomic mass is 19.1. The Labute approximate surface area is 143 Å². The van der Waals surface area contributed by atoms with Gasteiger partial charge in [0, 0.05) is 17.2 Å². The number of Topliss-reactive ketones (excluding diaryl/α,β-unsaturated/α-hetero) is 1. The number of benzene rings is 2. The van der Waals surface area contributed by atoms with Gasteiger partial charge in [-0.05, 0) is 31.0 Å². The molecule has 0 aromatic heterocycles. The largest absolute Gasteiger partial charge is 0.493 e. The van der Waals surface area contributed by atoms with Gasteiger partial charge in [0.05, 0.1) is 6.61 Å². The van der Waals surface area contributed by atoms with E-state index in [2.05, 4.69) is 6.92 Å². The summed E-state index contributed by atoms with van der Waals surface area (Å²) in [5.41, 5.74) is 1.89. The fourth-order valence-corrected chi connectivity index (χ4v) is 2.60. The second-order valence-corrected chi connectivity index (χ2v) is 6.04. The number of unbranched alkanes of at least 4 members (excludes halogenated alkanes) is 4. The van der Waals surface area contributed by atoms with E-state index in [0.29, 0.717) is 23.5 Å². The van der Waals surface area contributed by atoms with Gasteiger partial charge in [-0.1, -0.05) is 56.9 Å². The average molecular weight is 328 g/mol. The van der Waals surface area contributed by atoms with E-state index in [0.717, 1.165) is 18.4 Å². The normalized spacial score (nSPS) is 10.6. The van der Waals surface area contributed by atoms with E-state index >= 15 is 0 Å². The SMILES string of the molecule is CCCCCCCOc1ccc(-c2ccc(C(C)=O)cc2)c(F)c1. The molecule has 3 heteroatoms. The topological polar surface area (TPSA) is 26.3 Å². The summed E-state index contributed by atoms with van der Waals surface area (Å²) < 4.78 is 19.9. The van der Waals surface area contributed by atoms with Crippen LogP contribution >= 0.6 is 0 Å². The van der Waals surface area contributed by atoms with Crippen LogP contribution in [0.25, 0.3) is 11.1 Å². The smallest absolute Gasteiger partial charge is 0.159 e. The van der Waals surface area contributed by atoms with E-state index in [9.17, 15) is 9.18 Å². The molecule has 0 aliphatic heterocycles. The molecule has 0 aliphatic carbocycles. The van der Waals surface area contributed by atoms with Gasteiger partial charge in [-0.15, -0.1) is 0 Å². The molecule has 0 aliphatic rings. The first-order valence-electron chi connectivity index (χ1n) is 8.65. The highest BCUT2D eigenvalue weighted by Gasteiger charge is 2.08. The number of rotatable bonds is 9. The maximum Gasteiger partial charge on any atom is 0.159 e. The Balaban J connectivity index is 1.95. The molecule has 0 saturated carbocycles. The fraction of sp³-hybridized carbons (Fsp3) is 0.381. The molecule has 2 aromatic rings. The zero-order valence-corrected chi connectivity index (χ0v) is 14.5. The zero-order chi connectivity index (χ0) is 17.4. The van der Waals surface area contributed by atoms with Gasteiger partial charge in [0.2, 0.25) is 0 Å². The third-order valence-electron chi connectivity index (χ3n) is 4.06. The van der Waals surface area contributed by atoms with Gasteiger partial charge in [0.1, 0.15) is 11.6 Å². The van der Waals surface area contributed by atoms with Crippen molar-refractivity contribution in [1.82, 2.24) is 0 Å². The Morgan fingerprint density at radius 2 is 1.71 bits per heavy atom. The highest BCUT2D eigenvalue weighted by molar-refractivity contribution is 5.94. The van der Waals surface area contributed by atoms with Crippen LogP contribution < -0.4 is 4.74 Å². The van der Waals surface area contributed by atoms with Gasteiger partial charge in [-0.2, -0.15) is 0 Å². The lowest BCUT2D eigenvalue weighted by Gasteiger charge is -2.09. The van der Waals surface area contributed by atoms with Crippen molar-refractivity contribution < 1.29 is 13.9 Å². The van der Waals surface area contributed by atoms with Crippen LogP contribution in [-0.4, -0.2) is 12.4 Å². The van der Waals surface area contributed by atoms with Gasteiger partial charge in [-0.25, -0.2) is 4.39 Å². The van der Waals surface area contributed by atoms with Crippen LogP contribution in [0.5, 0.6) is 5.75 Å². The summed E-state index contributed by atoms with van der Waals surface area (Å²) in [7, 11) is 0. The number of hydrogen-bond acceptors (Lipinski definition) is 2. The zero-order valence-electron chi connectivity index (χ0n) is 14.5. The first-order valence-corrected chi connectivity index (χ1v) is 8.65. The van der Waals surface area contributed by atoms with Crippen LogP contribution in [0.1, 0.15) is 56.3 Å². The van der Waals surface area contributed by atoms with Gasteiger partial charge in [0.15, 0.2) is 5.78 Å². The lowest BCUT2D eigenvalue weighted by molar-refractivity contribution is 0.101. The molecule has 2 rings (SSSR count). The third-order valence-corrected chi connectivity index (χ3v) is 4.06. The van der Waals surface area contributed by atoms with Crippen molar-refractivity contribution in [2.75, 3.05) is 6.61 Å². The Morgan fingerprint density at radius 1 is 1.00 bits per heavy atom. The summed E-state index contributed by atoms with van der Waals surface area (Å²) >= 11 is 0. The van der Waals surface area contributed by atoms with Crippen molar-refractivity contribution in [2.45, 2.75) is 46.0 Å². The summed E-state index contributed by atoms with van der Waals surface area (Å²) in [6, 6.07) is 11.9. The summed E-state index contributed by atoms with van der Waals surface area (Å²) in [5.74, 6) is 0.255. The molecule has 128 valence electrons. The molecule has 0 spiro atoms. The summed E-state index contributed by atoms with van der Waals surface area (Å²) in [6.07, 6.45) is 5.85. The lowest BCUT2D eigenvalue weighted by Crippen LogP contribution is -1.98. The Bertz CT molecular complexity index is 662. The van der Waals surface area contributed by atoms with E-state index in [1.807, 2.05) is 0 Å². The molecule has 0 N–H and O–H groups in total. The molecule has 0 heterocycles. The Hall–Kier alpha value is -2.16. The number of halogens is 1. The molecule has 0 fully saturated rings. The van der Waals surface area contributed by atoms with E-state index in [1.165, 1.54) is 32.3 Å². The molecular formula is C21H25FO2. The molecule has 0 amide bonds. The molecule has 2 nitrogen and oxygen atoms in total. The van der Waals surface area contributed by atoms with E-state index in [4.69, 9.17) is 4.74 Å². The minimum Gasteiger partial charge on any atom is -0.493 e. The Kier molecular flexibility index (Phi) is 6.98. The van der Waals surface area contributed by atoms with E-state index < -0.39 is 0 Å². The first-order chi connectivity index (χ1) is 11.6. The molecule has 0 saturated heterocycles. The highest BCUT2D eigenvalue weighted by Crippen LogP contribution is 2.26. The number of hydrogen-bond donors (Lipinski definition) is 0. The molecule has 0 radical (unpaired) electrons. The predicted octanol–water partition coefficient (Wildman–Crippen LogP) is 6.04. The number of carbonyl (C=O) groups excluding carboxylic acids is 1. The second kappa shape index (κ2) is 9.21. The quantitative estimate of drug-likeness (QED) is 0.414. The van der Waals surface area contributed by atoms with Crippen LogP contribution in [0, 0.1) is 5.82 Å². The van der Waals surface area contributed by atoms with Crippen molar-refractivity contribution in [3.63, 3.8) is 0 Å². The third kappa shape index (κ3) is 5.19. The number of ether oxygens (including phenoxy) is 1. The molecule has 0 atom stereocenters. The monoisotopic (exact) mass is 328 g/mol. The molecular weight excluding hydrogens is 303 g/mol. The molecule has 24 heavy (non-hydrogen) atoms. The van der Waals surface area contributed by atoms with Crippen LogP contribution in [-0.2, 0) is 0 Å². The standard InChI is InChI=1S/C21H25FO2/c1-3-4-5-6-7-14-24-19-12-13-20(21(22)15-19)18-10-8-17(9-11-18)16(2)23/h8-13,15H,3-7,14H2,1-2H3. The summed E-state index contributed by atoms with van der Waals surface area (Å²) in [6.45, 7) is 4.33. The summed E-state index contributed by atoms with van der Waals surface area (Å²) in [4.78, 5) is 11.3. The maximum absolute atomic E-state index is 14.3. The maximum atomic E-state index is 14.3. The number of ketones is 1. The van der Waals surface area contributed by atoms with Crippen molar-refractivity contribution in [1.29, 1.82) is 0 Å². The first kappa shape index (κ1) is 18.2.